The fourth-order valence-electron chi connectivity index (χ4n) is 1.81. The van der Waals surface area contributed by atoms with Crippen LogP contribution in [0.5, 0.6) is 5.75 Å². The number of hydrogen-bond acceptors (Lipinski definition) is 5. The molecule has 0 aliphatic heterocycles. The van der Waals surface area contributed by atoms with Gasteiger partial charge in [-0.1, -0.05) is 24.3 Å². The number of nitrogen functional groups attached to an aromatic ring is 1. The molecule has 0 saturated carbocycles. The number of nitrogens with one attached hydrogen (secondary N) is 1. The normalized spacial score (nSPS) is 9.95. The second-order valence-corrected chi connectivity index (χ2v) is 5.12. The van der Waals surface area contributed by atoms with Crippen LogP contribution in [0.1, 0.15) is 16.0 Å². The summed E-state index contributed by atoms with van der Waals surface area (Å²) in [5, 5.41) is 13.0. The molecule has 2 aromatic rings. The summed E-state index contributed by atoms with van der Waals surface area (Å²) in [4.78, 5) is 0.476. The number of ether oxygens (including phenoxy) is 1. The first-order valence-electron chi connectivity index (χ1n) is 5.82. The van der Waals surface area contributed by atoms with Crippen LogP contribution in [-0.4, -0.2) is 7.11 Å². The summed E-state index contributed by atoms with van der Waals surface area (Å²) in [5.41, 5.74) is 8.68. The molecule has 19 heavy (non-hydrogen) atoms. The van der Waals surface area contributed by atoms with Gasteiger partial charge in [0.25, 0.3) is 0 Å². The van der Waals surface area contributed by atoms with Crippen LogP contribution in [0, 0.1) is 18.3 Å². The van der Waals surface area contributed by atoms with Crippen LogP contribution in [0.4, 0.5) is 10.7 Å². The zero-order valence-corrected chi connectivity index (χ0v) is 11.7. The third-order valence-corrected chi connectivity index (χ3v) is 3.96. The average molecular weight is 273 g/mol. The summed E-state index contributed by atoms with van der Waals surface area (Å²) in [6.07, 6.45) is 0. The molecule has 5 heteroatoms. The summed E-state index contributed by atoms with van der Waals surface area (Å²) in [6.45, 7) is 2.74. The standard InChI is InChI=1S/C14H15N3OS/c1-9-5-3-4-6-10(9)8-17-14-13(18-2)12(16)11(7-15)19-14/h3-6,17H,8,16H2,1-2H3. The summed E-state index contributed by atoms with van der Waals surface area (Å²) >= 11 is 1.31. The van der Waals surface area contributed by atoms with Gasteiger partial charge in [0, 0.05) is 6.54 Å². The summed E-state index contributed by atoms with van der Waals surface area (Å²) in [7, 11) is 1.55. The highest BCUT2D eigenvalue weighted by atomic mass is 32.1. The molecule has 0 aliphatic rings. The SMILES string of the molecule is COc1c(NCc2ccccc2C)sc(C#N)c1N. The van der Waals surface area contributed by atoms with E-state index in [0.717, 1.165) is 5.00 Å². The van der Waals surface area contributed by atoms with Gasteiger partial charge in [-0.3, -0.25) is 0 Å². The van der Waals surface area contributed by atoms with Gasteiger partial charge in [0.1, 0.15) is 21.6 Å². The van der Waals surface area contributed by atoms with E-state index in [0.29, 0.717) is 22.9 Å². The number of anilines is 2. The molecule has 0 atom stereocenters. The van der Waals surface area contributed by atoms with Crippen molar-refractivity contribution in [2.75, 3.05) is 18.2 Å². The number of thiophene rings is 1. The smallest absolute Gasteiger partial charge is 0.177 e. The monoisotopic (exact) mass is 273 g/mol. The van der Waals surface area contributed by atoms with Crippen LogP contribution < -0.4 is 15.8 Å². The Morgan fingerprint density at radius 1 is 1.42 bits per heavy atom. The van der Waals surface area contributed by atoms with Crippen molar-refractivity contribution in [1.82, 2.24) is 0 Å². The Hall–Kier alpha value is -2.19. The Morgan fingerprint density at radius 3 is 2.79 bits per heavy atom. The highest BCUT2D eigenvalue weighted by Gasteiger charge is 2.16. The molecule has 0 amide bonds. The lowest BCUT2D eigenvalue weighted by atomic mass is 10.1. The maximum absolute atomic E-state index is 8.98. The molecule has 0 spiro atoms. The van der Waals surface area contributed by atoms with Gasteiger partial charge in [0.15, 0.2) is 5.75 Å². The maximum atomic E-state index is 8.98. The molecule has 1 heterocycles. The van der Waals surface area contributed by atoms with Gasteiger partial charge in [-0.05, 0) is 18.1 Å². The fraction of sp³-hybridized carbons (Fsp3) is 0.214. The third-order valence-electron chi connectivity index (χ3n) is 2.91. The van der Waals surface area contributed by atoms with Crippen LogP contribution in [0.25, 0.3) is 0 Å². The van der Waals surface area contributed by atoms with Gasteiger partial charge in [0.2, 0.25) is 0 Å². The van der Waals surface area contributed by atoms with Gasteiger partial charge in [-0.15, -0.1) is 11.3 Å². The van der Waals surface area contributed by atoms with Gasteiger partial charge in [-0.25, -0.2) is 0 Å². The van der Waals surface area contributed by atoms with Gasteiger partial charge in [-0.2, -0.15) is 5.26 Å². The van der Waals surface area contributed by atoms with Gasteiger partial charge < -0.3 is 15.8 Å². The molecule has 0 fully saturated rings. The highest BCUT2D eigenvalue weighted by molar-refractivity contribution is 7.17. The van der Waals surface area contributed by atoms with Crippen molar-refractivity contribution >= 4 is 22.0 Å². The Balaban J connectivity index is 2.21. The number of benzene rings is 1. The predicted octanol–water partition coefficient (Wildman–Crippen LogP) is 3.13. The molecule has 0 radical (unpaired) electrons. The van der Waals surface area contributed by atoms with E-state index in [1.807, 2.05) is 12.1 Å². The number of methoxy groups -OCH3 is 1. The lowest BCUT2D eigenvalue weighted by molar-refractivity contribution is 0.420. The van der Waals surface area contributed by atoms with Gasteiger partial charge in [0.05, 0.1) is 7.11 Å². The lowest BCUT2D eigenvalue weighted by Crippen LogP contribution is -2.01. The summed E-state index contributed by atoms with van der Waals surface area (Å²) in [6, 6.07) is 10.2. The van der Waals surface area contributed by atoms with E-state index in [2.05, 4.69) is 30.4 Å². The van der Waals surface area contributed by atoms with E-state index < -0.39 is 0 Å². The number of aryl methyl sites for hydroxylation is 1. The van der Waals surface area contributed by atoms with Crippen molar-refractivity contribution in [3.8, 4) is 11.8 Å². The van der Waals surface area contributed by atoms with Crippen molar-refractivity contribution in [2.45, 2.75) is 13.5 Å². The molecule has 0 aliphatic carbocycles. The second kappa shape index (κ2) is 5.63. The molecule has 1 aromatic carbocycles. The molecule has 0 bridgehead atoms. The number of rotatable bonds is 4. The molecule has 0 unspecified atom stereocenters. The quantitative estimate of drug-likeness (QED) is 0.897. The van der Waals surface area contributed by atoms with Crippen molar-refractivity contribution in [3.63, 3.8) is 0 Å². The first-order chi connectivity index (χ1) is 9.17. The Morgan fingerprint density at radius 2 is 2.16 bits per heavy atom. The largest absolute Gasteiger partial charge is 0.492 e. The zero-order valence-electron chi connectivity index (χ0n) is 10.9. The molecule has 4 nitrogen and oxygen atoms in total. The first kappa shape index (κ1) is 13.2. The maximum Gasteiger partial charge on any atom is 0.177 e. The zero-order chi connectivity index (χ0) is 13.8. The highest BCUT2D eigenvalue weighted by Crippen LogP contribution is 2.42. The lowest BCUT2D eigenvalue weighted by Gasteiger charge is -2.09. The van der Waals surface area contributed by atoms with E-state index in [1.165, 1.54) is 22.5 Å². The second-order valence-electron chi connectivity index (χ2n) is 4.10. The minimum Gasteiger partial charge on any atom is -0.492 e. The van der Waals surface area contributed by atoms with E-state index in [4.69, 9.17) is 15.7 Å². The van der Waals surface area contributed by atoms with Crippen LogP contribution in [0.3, 0.4) is 0 Å². The van der Waals surface area contributed by atoms with Crippen LogP contribution in [0.2, 0.25) is 0 Å². The first-order valence-corrected chi connectivity index (χ1v) is 6.63. The molecule has 0 saturated heterocycles. The Bertz CT molecular complexity index is 628. The van der Waals surface area contributed by atoms with Gasteiger partial charge >= 0.3 is 0 Å². The van der Waals surface area contributed by atoms with E-state index in [1.54, 1.807) is 7.11 Å². The topological polar surface area (TPSA) is 71.1 Å². The summed E-state index contributed by atoms with van der Waals surface area (Å²) in [5.74, 6) is 0.551. The molecular weight excluding hydrogens is 258 g/mol. The van der Waals surface area contributed by atoms with E-state index >= 15 is 0 Å². The van der Waals surface area contributed by atoms with Crippen molar-refractivity contribution in [1.29, 1.82) is 5.26 Å². The Labute approximate surface area is 116 Å². The predicted molar refractivity (Wildman–Crippen MR) is 78.5 cm³/mol. The van der Waals surface area contributed by atoms with Crippen LogP contribution in [-0.2, 0) is 6.54 Å². The van der Waals surface area contributed by atoms with E-state index in [9.17, 15) is 0 Å². The van der Waals surface area contributed by atoms with Crippen LogP contribution in [0.15, 0.2) is 24.3 Å². The number of nitriles is 1. The number of nitrogens with zero attached hydrogens (tertiary/aromatic N) is 1. The number of hydrogen-bond donors (Lipinski definition) is 2. The molecule has 2 rings (SSSR count). The Kier molecular flexibility index (Phi) is 3.93. The average Bonchev–Trinajstić information content (AvgIpc) is 2.73. The summed E-state index contributed by atoms with van der Waals surface area (Å²) < 4.78 is 5.25. The minimum atomic E-state index is 0.405. The minimum absolute atomic E-state index is 0.405. The van der Waals surface area contributed by atoms with Crippen LogP contribution >= 0.6 is 11.3 Å². The van der Waals surface area contributed by atoms with Crippen molar-refractivity contribution in [3.05, 3.63) is 40.3 Å². The molecule has 98 valence electrons. The molecule has 3 N–H and O–H groups in total. The fourth-order valence-corrected chi connectivity index (χ4v) is 2.70. The number of nitrogens with two attached hydrogens (primary N) is 1. The van der Waals surface area contributed by atoms with E-state index in [-0.39, 0.29) is 0 Å². The van der Waals surface area contributed by atoms with Crippen molar-refractivity contribution < 1.29 is 4.74 Å². The van der Waals surface area contributed by atoms with Crippen molar-refractivity contribution in [2.24, 2.45) is 0 Å². The third kappa shape index (κ3) is 2.64. The molecular formula is C14H15N3OS. The molecule has 1 aromatic heterocycles.